The number of nitrogens with one attached hydrogen (secondary N) is 1. The number of carbonyl (C=O) groups is 1. The van der Waals surface area contributed by atoms with Gasteiger partial charge in [0.1, 0.15) is 22.8 Å². The minimum absolute atomic E-state index is 0.178. The molecule has 0 saturated carbocycles. The summed E-state index contributed by atoms with van der Waals surface area (Å²) in [6.45, 7) is -0.190. The quantitative estimate of drug-likeness (QED) is 0.515. The lowest BCUT2D eigenvalue weighted by molar-refractivity contribution is -0.118. The minimum Gasteiger partial charge on any atom is -0.497 e. The summed E-state index contributed by atoms with van der Waals surface area (Å²) >= 11 is 0. The van der Waals surface area contributed by atoms with Crippen molar-refractivity contribution in [2.75, 3.05) is 19.0 Å². The zero-order valence-corrected chi connectivity index (χ0v) is 16.3. The van der Waals surface area contributed by atoms with E-state index in [2.05, 4.69) is 5.32 Å². The molecule has 4 rings (SSSR count). The number of methoxy groups -OCH3 is 1. The largest absolute Gasteiger partial charge is 0.497 e. The normalized spacial score (nSPS) is 10.6. The van der Waals surface area contributed by atoms with E-state index in [0.717, 1.165) is 5.56 Å². The van der Waals surface area contributed by atoms with E-state index < -0.39 is 0 Å². The Morgan fingerprint density at radius 2 is 1.67 bits per heavy atom. The topological polar surface area (TPSA) is 77.8 Å². The van der Waals surface area contributed by atoms with Gasteiger partial charge >= 0.3 is 0 Å². The molecule has 1 amide bonds. The molecule has 1 aromatic heterocycles. The molecule has 0 unspecified atom stereocenters. The molecule has 0 aliphatic rings. The van der Waals surface area contributed by atoms with Gasteiger partial charge in [0, 0.05) is 17.3 Å². The highest BCUT2D eigenvalue weighted by atomic mass is 16.5. The minimum atomic E-state index is -0.313. The zero-order valence-electron chi connectivity index (χ0n) is 16.3. The van der Waals surface area contributed by atoms with Crippen molar-refractivity contribution < 1.29 is 18.7 Å². The molecule has 4 aromatic rings. The summed E-state index contributed by atoms with van der Waals surface area (Å²) in [7, 11) is 1.58. The van der Waals surface area contributed by atoms with Gasteiger partial charge in [-0.05, 0) is 42.5 Å². The number of benzene rings is 3. The molecule has 150 valence electrons. The number of amides is 1. The standard InChI is InChI=1S/C24H19NO5/c1-28-18-9-7-17(8-10-18)25-24(27)15-29-19-11-12-22-20(13-19)21(26)14-23(30-22)16-5-3-2-4-6-16/h2-14H,15H2,1H3,(H,25,27). The Morgan fingerprint density at radius 3 is 2.40 bits per heavy atom. The van der Waals surface area contributed by atoms with Crippen molar-refractivity contribution in [3.63, 3.8) is 0 Å². The van der Waals surface area contributed by atoms with Crippen LogP contribution in [0.2, 0.25) is 0 Å². The van der Waals surface area contributed by atoms with E-state index in [-0.39, 0.29) is 17.9 Å². The first-order valence-electron chi connectivity index (χ1n) is 9.32. The summed E-state index contributed by atoms with van der Waals surface area (Å²) in [6, 6.07) is 22.8. The number of rotatable bonds is 6. The second kappa shape index (κ2) is 8.53. The van der Waals surface area contributed by atoms with Gasteiger partial charge in [0.15, 0.2) is 12.0 Å². The molecule has 0 radical (unpaired) electrons. The average Bonchev–Trinajstić information content (AvgIpc) is 2.79. The average molecular weight is 401 g/mol. The Bertz CT molecular complexity index is 1230. The third kappa shape index (κ3) is 4.33. The van der Waals surface area contributed by atoms with Crippen molar-refractivity contribution in [2.24, 2.45) is 0 Å². The van der Waals surface area contributed by atoms with Crippen molar-refractivity contribution >= 4 is 22.6 Å². The molecule has 0 aliphatic heterocycles. The highest BCUT2D eigenvalue weighted by Gasteiger charge is 2.09. The van der Waals surface area contributed by atoms with Gasteiger partial charge in [-0.15, -0.1) is 0 Å². The lowest BCUT2D eigenvalue weighted by Crippen LogP contribution is -2.20. The van der Waals surface area contributed by atoms with Gasteiger partial charge in [0.05, 0.1) is 12.5 Å². The Labute approximate surface area is 172 Å². The van der Waals surface area contributed by atoms with E-state index in [1.54, 1.807) is 49.6 Å². The third-order valence-corrected chi connectivity index (χ3v) is 4.50. The number of carbonyl (C=O) groups excluding carboxylic acids is 1. The van der Waals surface area contributed by atoms with Crippen molar-refractivity contribution in [1.29, 1.82) is 0 Å². The number of ether oxygens (including phenoxy) is 2. The van der Waals surface area contributed by atoms with Gasteiger partial charge in [-0.25, -0.2) is 0 Å². The van der Waals surface area contributed by atoms with E-state index in [1.165, 1.54) is 6.07 Å². The number of hydrogen-bond donors (Lipinski definition) is 1. The molecule has 1 heterocycles. The Hall–Kier alpha value is -4.06. The maximum atomic E-state index is 12.6. The highest BCUT2D eigenvalue weighted by Crippen LogP contribution is 2.24. The number of anilines is 1. The molecular formula is C24H19NO5. The van der Waals surface area contributed by atoms with E-state index in [0.29, 0.717) is 33.9 Å². The van der Waals surface area contributed by atoms with Gasteiger partial charge in [0.2, 0.25) is 0 Å². The molecule has 3 aromatic carbocycles. The first-order chi connectivity index (χ1) is 14.6. The highest BCUT2D eigenvalue weighted by molar-refractivity contribution is 5.92. The molecule has 0 bridgehead atoms. The van der Waals surface area contributed by atoms with Crippen LogP contribution in [0.3, 0.4) is 0 Å². The van der Waals surface area contributed by atoms with Crippen LogP contribution in [-0.4, -0.2) is 19.6 Å². The van der Waals surface area contributed by atoms with Crippen LogP contribution in [0.25, 0.3) is 22.3 Å². The first-order valence-corrected chi connectivity index (χ1v) is 9.32. The molecule has 6 heteroatoms. The molecular weight excluding hydrogens is 382 g/mol. The van der Waals surface area contributed by atoms with E-state index in [9.17, 15) is 9.59 Å². The summed E-state index contributed by atoms with van der Waals surface area (Å²) in [5.74, 6) is 1.30. The van der Waals surface area contributed by atoms with E-state index in [1.807, 2.05) is 30.3 Å². The van der Waals surface area contributed by atoms with Gasteiger partial charge < -0.3 is 19.2 Å². The van der Waals surface area contributed by atoms with Gasteiger partial charge in [-0.2, -0.15) is 0 Å². The number of fused-ring (bicyclic) bond motifs is 1. The Kier molecular flexibility index (Phi) is 5.48. The first kappa shape index (κ1) is 19.3. The van der Waals surface area contributed by atoms with Crippen LogP contribution in [0.5, 0.6) is 11.5 Å². The Morgan fingerprint density at radius 1 is 0.933 bits per heavy atom. The molecule has 0 fully saturated rings. The third-order valence-electron chi connectivity index (χ3n) is 4.50. The van der Waals surface area contributed by atoms with E-state index >= 15 is 0 Å². The smallest absolute Gasteiger partial charge is 0.262 e. The van der Waals surface area contributed by atoms with E-state index in [4.69, 9.17) is 13.9 Å². The van der Waals surface area contributed by atoms with Crippen LogP contribution in [0.4, 0.5) is 5.69 Å². The maximum absolute atomic E-state index is 12.6. The molecule has 6 nitrogen and oxygen atoms in total. The zero-order chi connectivity index (χ0) is 20.9. The lowest BCUT2D eigenvalue weighted by atomic mass is 10.1. The maximum Gasteiger partial charge on any atom is 0.262 e. The van der Waals surface area contributed by atoms with Crippen LogP contribution in [0, 0.1) is 0 Å². The molecule has 30 heavy (non-hydrogen) atoms. The van der Waals surface area contributed by atoms with Crippen molar-refractivity contribution in [3.05, 3.63) is 89.1 Å². The summed E-state index contributed by atoms with van der Waals surface area (Å²) < 4.78 is 16.5. The SMILES string of the molecule is COc1ccc(NC(=O)COc2ccc3oc(-c4ccccc4)cc(=O)c3c2)cc1. The van der Waals surface area contributed by atoms with Crippen LogP contribution in [-0.2, 0) is 4.79 Å². The second-order valence-electron chi connectivity index (χ2n) is 6.56. The van der Waals surface area contributed by atoms with Crippen molar-refractivity contribution in [1.82, 2.24) is 0 Å². The predicted molar refractivity (Wildman–Crippen MR) is 115 cm³/mol. The fraction of sp³-hybridized carbons (Fsp3) is 0.0833. The number of hydrogen-bond acceptors (Lipinski definition) is 5. The summed E-state index contributed by atoms with van der Waals surface area (Å²) in [5, 5.41) is 3.13. The van der Waals surface area contributed by atoms with Crippen LogP contribution in [0.15, 0.2) is 88.1 Å². The molecule has 1 N–H and O–H groups in total. The van der Waals surface area contributed by atoms with Gasteiger partial charge in [-0.3, -0.25) is 9.59 Å². The van der Waals surface area contributed by atoms with Gasteiger partial charge in [0.25, 0.3) is 5.91 Å². The molecule has 0 atom stereocenters. The summed E-state index contributed by atoms with van der Waals surface area (Å²) in [4.78, 5) is 24.7. The summed E-state index contributed by atoms with van der Waals surface area (Å²) in [6.07, 6.45) is 0. The predicted octanol–water partition coefficient (Wildman–Crippen LogP) is 4.49. The van der Waals surface area contributed by atoms with Crippen molar-refractivity contribution in [3.8, 4) is 22.8 Å². The van der Waals surface area contributed by atoms with Crippen LogP contribution < -0.4 is 20.2 Å². The molecule has 0 aliphatic carbocycles. The monoisotopic (exact) mass is 401 g/mol. The van der Waals surface area contributed by atoms with Gasteiger partial charge in [-0.1, -0.05) is 30.3 Å². The van der Waals surface area contributed by atoms with Crippen LogP contribution >= 0.6 is 0 Å². The fourth-order valence-electron chi connectivity index (χ4n) is 2.99. The second-order valence-corrected chi connectivity index (χ2v) is 6.56. The summed E-state index contributed by atoms with van der Waals surface area (Å²) in [5.41, 5.74) is 1.74. The fourth-order valence-corrected chi connectivity index (χ4v) is 2.99. The van der Waals surface area contributed by atoms with Crippen LogP contribution in [0.1, 0.15) is 0 Å². The molecule has 0 spiro atoms. The lowest BCUT2D eigenvalue weighted by Gasteiger charge is -2.09. The Balaban J connectivity index is 1.46. The molecule has 0 saturated heterocycles. The van der Waals surface area contributed by atoms with Crippen molar-refractivity contribution in [2.45, 2.75) is 0 Å².